The average molecular weight is 1040 g/mol. The van der Waals surface area contributed by atoms with Crippen molar-refractivity contribution < 1.29 is 13.7 Å². The van der Waals surface area contributed by atoms with Gasteiger partial charge in [0, 0.05) is 45.5 Å². The molecule has 0 amide bonds. The van der Waals surface area contributed by atoms with Gasteiger partial charge in [-0.3, -0.25) is 0 Å². The standard InChI is InChI=1S/C74H86BN3/c1-67(2)31-33-69(5,6)54-39-49(27-29-52(54)67)77-62-45-58-56(71(9,10)35-37-73(58,13)14)43-60(62)75-61-44-57-59(74(15,16)38-36-72(57,11)12)46-63(61)78(50-28-30-53-55(40-50)70(7,8)34-32-68(53,3)4)65-42-51(41-64(77)66(65)75)76(47-23-19-17-20-24-47)48-25-21-18-22-26-48/h17-30,39-46H,31-38H2,1-16H3/i17D,18D,19D,20D,21D,22D,23D,24D,25D,26D. The molecule has 7 aromatic carbocycles. The van der Waals surface area contributed by atoms with Gasteiger partial charge in [0.05, 0.1) is 19.4 Å². The summed E-state index contributed by atoms with van der Waals surface area (Å²) in [5.41, 5.74) is 17.7. The smallest absolute Gasteiger partial charge is 0.252 e. The topological polar surface area (TPSA) is 9.72 Å². The van der Waals surface area contributed by atoms with Crippen LogP contribution in [0, 0.1) is 0 Å². The Bertz CT molecular complexity index is 3910. The molecule has 400 valence electrons. The average Bonchev–Trinajstić information content (AvgIpc) is 0.701. The van der Waals surface area contributed by atoms with Crippen molar-refractivity contribution in [2.45, 2.75) is 205 Å². The molecule has 3 nitrogen and oxygen atoms in total. The summed E-state index contributed by atoms with van der Waals surface area (Å²) in [4.78, 5) is 6.21. The van der Waals surface area contributed by atoms with E-state index in [1.165, 1.54) is 60.3 Å². The highest BCUT2D eigenvalue weighted by molar-refractivity contribution is 7.00. The lowest BCUT2D eigenvalue weighted by Crippen LogP contribution is -2.62. The molecule has 4 heteroatoms. The fourth-order valence-corrected chi connectivity index (χ4v) is 15.3. The Morgan fingerprint density at radius 1 is 0.333 bits per heavy atom. The molecule has 78 heavy (non-hydrogen) atoms. The molecule has 0 spiro atoms. The predicted octanol–water partition coefficient (Wildman–Crippen LogP) is 18.6. The largest absolute Gasteiger partial charge is 0.311 e. The molecule has 2 aliphatic heterocycles. The number of hydrogen-bond donors (Lipinski definition) is 0. The number of rotatable bonds is 5. The van der Waals surface area contributed by atoms with Crippen LogP contribution in [0.4, 0.5) is 51.2 Å². The molecule has 0 fully saturated rings. The molecule has 0 atom stereocenters. The number of benzene rings is 7. The van der Waals surface area contributed by atoms with Gasteiger partial charge in [-0.2, -0.15) is 0 Å². The molecule has 13 rings (SSSR count). The first-order valence-corrected chi connectivity index (χ1v) is 29.1. The molecular weight excluding hydrogens is 942 g/mol. The van der Waals surface area contributed by atoms with Gasteiger partial charge in [0.1, 0.15) is 0 Å². The molecule has 0 saturated carbocycles. The highest BCUT2D eigenvalue weighted by atomic mass is 15.2. The van der Waals surface area contributed by atoms with E-state index in [0.29, 0.717) is 0 Å². The Labute approximate surface area is 484 Å². The van der Waals surface area contributed by atoms with Crippen LogP contribution in [0.25, 0.3) is 0 Å². The summed E-state index contributed by atoms with van der Waals surface area (Å²) in [6.07, 6.45) is 8.13. The Morgan fingerprint density at radius 2 is 0.628 bits per heavy atom. The van der Waals surface area contributed by atoms with E-state index < -0.39 is 60.4 Å². The molecule has 0 N–H and O–H groups in total. The SMILES string of the molecule is [2H]c1c([2H])c([2H])c(N(c2cc3c4c(c2)N(c2ccc5c(c2)C(C)(C)CCC5(C)C)c2cc5c(cc2B4c2cc4c(cc2N3c2ccc3c(c2)C(C)(C)CCC3(C)C)C(C)(C)CCC4(C)C)C(C)(C)CCC5(C)C)c2c([2H])c([2H])c([2H])c([2H])c2[2H])c([2H])c1[2H]. The fourth-order valence-electron chi connectivity index (χ4n) is 15.3. The lowest BCUT2D eigenvalue weighted by Gasteiger charge is -2.49. The minimum Gasteiger partial charge on any atom is -0.311 e. The van der Waals surface area contributed by atoms with Gasteiger partial charge in [-0.25, -0.2) is 0 Å². The Hall–Kier alpha value is -6.00. The fraction of sp³-hybridized carbons (Fsp3) is 0.432. The predicted molar refractivity (Wildman–Crippen MR) is 336 cm³/mol. The molecule has 6 aliphatic rings. The molecule has 4 aliphatic carbocycles. The highest BCUT2D eigenvalue weighted by Gasteiger charge is 2.50. The number of fused-ring (bicyclic) bond motifs is 8. The summed E-state index contributed by atoms with van der Waals surface area (Å²) in [6.45, 7) is 37.5. The van der Waals surface area contributed by atoms with Crippen molar-refractivity contribution in [1.82, 2.24) is 0 Å². The maximum Gasteiger partial charge on any atom is 0.252 e. The van der Waals surface area contributed by atoms with Gasteiger partial charge in [-0.15, -0.1) is 0 Å². The van der Waals surface area contributed by atoms with E-state index in [4.69, 9.17) is 2.74 Å². The van der Waals surface area contributed by atoms with Crippen molar-refractivity contribution in [3.05, 3.63) is 178 Å². The first kappa shape index (κ1) is 41.1. The molecule has 0 bridgehead atoms. The van der Waals surface area contributed by atoms with Crippen LogP contribution >= 0.6 is 0 Å². The summed E-state index contributed by atoms with van der Waals surface area (Å²) in [5, 5.41) is 0. The van der Waals surface area contributed by atoms with Crippen LogP contribution in [0.1, 0.15) is 220 Å². The molecule has 0 saturated heterocycles. The third kappa shape index (κ3) is 7.70. The van der Waals surface area contributed by atoms with Gasteiger partial charge in [0.15, 0.2) is 0 Å². The molecular formula is C74H86BN3. The molecule has 0 unspecified atom stereocenters. The highest BCUT2D eigenvalue weighted by Crippen LogP contribution is 2.56. The van der Waals surface area contributed by atoms with Crippen LogP contribution < -0.4 is 31.1 Å². The van der Waals surface area contributed by atoms with E-state index in [1.54, 1.807) is 0 Å². The van der Waals surface area contributed by atoms with E-state index in [1.807, 2.05) is 12.1 Å². The third-order valence-corrected chi connectivity index (χ3v) is 20.9. The van der Waals surface area contributed by atoms with E-state index in [9.17, 15) is 11.0 Å². The minimum atomic E-state index is -0.608. The van der Waals surface area contributed by atoms with Gasteiger partial charge in [0.25, 0.3) is 6.71 Å². The van der Waals surface area contributed by atoms with Gasteiger partial charge < -0.3 is 14.7 Å². The zero-order valence-electron chi connectivity index (χ0n) is 59.5. The second-order valence-electron chi connectivity index (χ2n) is 29.7. The van der Waals surface area contributed by atoms with Gasteiger partial charge >= 0.3 is 0 Å². The molecule has 0 radical (unpaired) electrons. The first-order valence-electron chi connectivity index (χ1n) is 34.1. The van der Waals surface area contributed by atoms with Crippen LogP contribution in [0.15, 0.2) is 133 Å². The number of para-hydroxylation sites is 2. The summed E-state index contributed by atoms with van der Waals surface area (Å²) in [7, 11) is 0. The first-order chi connectivity index (χ1) is 40.7. The van der Waals surface area contributed by atoms with Crippen molar-refractivity contribution >= 4 is 74.3 Å². The monoisotopic (exact) mass is 1040 g/mol. The van der Waals surface area contributed by atoms with Gasteiger partial charge in [0.2, 0.25) is 0 Å². The van der Waals surface area contributed by atoms with Gasteiger partial charge in [-0.05, 0) is 228 Å². The van der Waals surface area contributed by atoms with Crippen LogP contribution in [-0.4, -0.2) is 6.71 Å². The van der Waals surface area contributed by atoms with Crippen molar-refractivity contribution in [1.29, 1.82) is 0 Å². The van der Waals surface area contributed by atoms with Crippen LogP contribution in [0.5, 0.6) is 0 Å². The Balaban J connectivity index is 1.26. The molecule has 7 aromatic rings. The Kier molecular flexibility index (Phi) is 8.84. The summed E-state index contributed by atoms with van der Waals surface area (Å²) in [6, 6.07) is 22.2. The van der Waals surface area contributed by atoms with E-state index in [0.717, 1.165) is 91.0 Å². The lowest BCUT2D eigenvalue weighted by atomic mass is 9.32. The zero-order valence-corrected chi connectivity index (χ0v) is 49.5. The van der Waals surface area contributed by atoms with Crippen molar-refractivity contribution in [3.63, 3.8) is 0 Å². The lowest BCUT2D eigenvalue weighted by molar-refractivity contribution is 0.332. The van der Waals surface area contributed by atoms with Crippen molar-refractivity contribution in [2.24, 2.45) is 0 Å². The van der Waals surface area contributed by atoms with Crippen LogP contribution in [0.3, 0.4) is 0 Å². The van der Waals surface area contributed by atoms with Gasteiger partial charge in [-0.1, -0.05) is 171 Å². The normalized spacial score (nSPS) is 23.2. The zero-order chi connectivity index (χ0) is 63.8. The minimum absolute atomic E-state index is 0.0826. The maximum absolute atomic E-state index is 9.77. The number of hydrogen-bond acceptors (Lipinski definition) is 3. The Morgan fingerprint density at radius 3 is 0.962 bits per heavy atom. The summed E-state index contributed by atoms with van der Waals surface area (Å²) < 4.78 is 93.6. The van der Waals surface area contributed by atoms with Crippen molar-refractivity contribution in [2.75, 3.05) is 14.7 Å². The van der Waals surface area contributed by atoms with E-state index in [-0.39, 0.29) is 67.1 Å². The van der Waals surface area contributed by atoms with Crippen molar-refractivity contribution in [3.8, 4) is 0 Å². The second-order valence-corrected chi connectivity index (χ2v) is 29.7. The number of nitrogens with zero attached hydrogens (tertiary/aromatic N) is 3. The third-order valence-electron chi connectivity index (χ3n) is 20.9. The van der Waals surface area contributed by atoms with Crippen LogP contribution in [-0.2, 0) is 43.3 Å². The van der Waals surface area contributed by atoms with E-state index >= 15 is 0 Å². The van der Waals surface area contributed by atoms with Crippen LogP contribution in [0.2, 0.25) is 0 Å². The molecule has 0 aromatic heterocycles. The number of anilines is 9. The maximum atomic E-state index is 9.77. The van der Waals surface area contributed by atoms with E-state index in [2.05, 4.69) is 181 Å². The summed E-state index contributed by atoms with van der Waals surface area (Å²) >= 11 is 0. The molecule has 2 heterocycles. The summed E-state index contributed by atoms with van der Waals surface area (Å²) in [5.74, 6) is 0. The quantitative estimate of drug-likeness (QED) is 0.159. The second kappa shape index (κ2) is 16.8.